The molecule has 1 aliphatic rings. The summed E-state index contributed by atoms with van der Waals surface area (Å²) in [6.45, 7) is 8.47. The third kappa shape index (κ3) is 3.87. The van der Waals surface area contributed by atoms with Gasteiger partial charge in [0.25, 0.3) is 0 Å². The second kappa shape index (κ2) is 7.07. The standard InChI is InChI=1S/C20H23NO2/c1-15-6-7-19(12-16(15)2)20(22)18-5-3-4-17(13-18)14-21-8-10-23-11-9-21/h3-7,12-13H,8-11,14H2,1-2H3. The third-order valence-corrected chi connectivity index (χ3v) is 4.47. The number of rotatable bonds is 4. The number of aryl methyl sites for hydroxylation is 2. The van der Waals surface area contributed by atoms with Crippen LogP contribution in [0.3, 0.4) is 0 Å². The molecule has 0 aromatic heterocycles. The normalized spacial score (nSPS) is 15.6. The topological polar surface area (TPSA) is 29.5 Å². The highest BCUT2D eigenvalue weighted by Crippen LogP contribution is 2.16. The number of nitrogens with zero attached hydrogens (tertiary/aromatic N) is 1. The smallest absolute Gasteiger partial charge is 0.193 e. The fraction of sp³-hybridized carbons (Fsp3) is 0.350. The van der Waals surface area contributed by atoms with Gasteiger partial charge in [0, 0.05) is 30.8 Å². The molecule has 0 atom stereocenters. The zero-order valence-electron chi connectivity index (χ0n) is 13.8. The average molecular weight is 309 g/mol. The predicted octanol–water partition coefficient (Wildman–Crippen LogP) is 3.37. The molecular formula is C20H23NO2. The van der Waals surface area contributed by atoms with Crippen molar-refractivity contribution in [2.24, 2.45) is 0 Å². The lowest BCUT2D eigenvalue weighted by molar-refractivity contribution is 0.0342. The number of hydrogen-bond donors (Lipinski definition) is 0. The van der Waals surface area contributed by atoms with E-state index in [1.807, 2.05) is 43.3 Å². The van der Waals surface area contributed by atoms with Crippen molar-refractivity contribution in [1.82, 2.24) is 4.90 Å². The zero-order valence-corrected chi connectivity index (χ0v) is 13.8. The molecule has 1 aliphatic heterocycles. The summed E-state index contributed by atoms with van der Waals surface area (Å²) >= 11 is 0. The van der Waals surface area contributed by atoms with E-state index < -0.39 is 0 Å². The van der Waals surface area contributed by atoms with E-state index in [2.05, 4.69) is 17.9 Å². The van der Waals surface area contributed by atoms with Gasteiger partial charge >= 0.3 is 0 Å². The highest BCUT2D eigenvalue weighted by Gasteiger charge is 2.13. The summed E-state index contributed by atoms with van der Waals surface area (Å²) in [4.78, 5) is 15.1. The lowest BCUT2D eigenvalue weighted by atomic mass is 9.98. The van der Waals surface area contributed by atoms with E-state index in [-0.39, 0.29) is 5.78 Å². The van der Waals surface area contributed by atoms with Crippen LogP contribution in [0.15, 0.2) is 42.5 Å². The molecule has 0 radical (unpaired) electrons. The van der Waals surface area contributed by atoms with Gasteiger partial charge in [0.05, 0.1) is 13.2 Å². The molecule has 0 spiro atoms. The van der Waals surface area contributed by atoms with Crippen LogP contribution in [0.5, 0.6) is 0 Å². The van der Waals surface area contributed by atoms with Crippen LogP contribution in [0.25, 0.3) is 0 Å². The minimum atomic E-state index is 0.0944. The molecule has 3 heteroatoms. The molecule has 0 amide bonds. The monoisotopic (exact) mass is 309 g/mol. The molecule has 0 unspecified atom stereocenters. The molecular weight excluding hydrogens is 286 g/mol. The van der Waals surface area contributed by atoms with Gasteiger partial charge in [-0.15, -0.1) is 0 Å². The Hall–Kier alpha value is -1.97. The van der Waals surface area contributed by atoms with Crippen molar-refractivity contribution in [3.05, 3.63) is 70.3 Å². The summed E-state index contributed by atoms with van der Waals surface area (Å²) in [7, 11) is 0. The van der Waals surface area contributed by atoms with Crippen LogP contribution < -0.4 is 0 Å². The highest BCUT2D eigenvalue weighted by molar-refractivity contribution is 6.09. The third-order valence-electron chi connectivity index (χ3n) is 4.47. The van der Waals surface area contributed by atoms with Gasteiger partial charge in [-0.25, -0.2) is 0 Å². The maximum atomic E-state index is 12.7. The molecule has 2 aromatic carbocycles. The van der Waals surface area contributed by atoms with Gasteiger partial charge in [-0.3, -0.25) is 9.69 Å². The lowest BCUT2D eigenvalue weighted by Crippen LogP contribution is -2.35. The number of ketones is 1. The van der Waals surface area contributed by atoms with E-state index in [1.165, 1.54) is 11.1 Å². The molecule has 3 rings (SSSR count). The van der Waals surface area contributed by atoms with Crippen molar-refractivity contribution < 1.29 is 9.53 Å². The quantitative estimate of drug-likeness (QED) is 0.811. The molecule has 0 bridgehead atoms. The maximum absolute atomic E-state index is 12.7. The largest absolute Gasteiger partial charge is 0.379 e. The minimum absolute atomic E-state index is 0.0944. The first-order valence-corrected chi connectivity index (χ1v) is 8.14. The van der Waals surface area contributed by atoms with E-state index >= 15 is 0 Å². The Labute approximate surface area is 137 Å². The Morgan fingerprint density at radius 1 is 1.00 bits per heavy atom. The van der Waals surface area contributed by atoms with Crippen molar-refractivity contribution >= 4 is 5.78 Å². The Balaban J connectivity index is 1.78. The van der Waals surface area contributed by atoms with Crippen molar-refractivity contribution in [2.45, 2.75) is 20.4 Å². The molecule has 0 saturated carbocycles. The van der Waals surface area contributed by atoms with E-state index in [0.29, 0.717) is 0 Å². The Kier molecular flexibility index (Phi) is 4.89. The molecule has 0 aliphatic carbocycles. The number of carbonyl (C=O) groups excluding carboxylic acids is 1. The maximum Gasteiger partial charge on any atom is 0.193 e. The second-order valence-corrected chi connectivity index (χ2v) is 6.22. The van der Waals surface area contributed by atoms with Crippen LogP contribution in [0.1, 0.15) is 32.6 Å². The highest BCUT2D eigenvalue weighted by atomic mass is 16.5. The molecule has 2 aromatic rings. The molecule has 1 heterocycles. The number of morpholine rings is 1. The first-order chi connectivity index (χ1) is 11.1. The van der Waals surface area contributed by atoms with Gasteiger partial charge in [-0.2, -0.15) is 0 Å². The first kappa shape index (κ1) is 15.9. The Morgan fingerprint density at radius 2 is 1.74 bits per heavy atom. The molecule has 120 valence electrons. The van der Waals surface area contributed by atoms with Crippen molar-refractivity contribution in [3.63, 3.8) is 0 Å². The van der Waals surface area contributed by atoms with Crippen LogP contribution in [-0.2, 0) is 11.3 Å². The molecule has 1 saturated heterocycles. The molecule has 3 nitrogen and oxygen atoms in total. The number of hydrogen-bond acceptors (Lipinski definition) is 3. The Bertz CT molecular complexity index is 703. The minimum Gasteiger partial charge on any atom is -0.379 e. The summed E-state index contributed by atoms with van der Waals surface area (Å²) in [5.74, 6) is 0.0944. The van der Waals surface area contributed by atoms with Gasteiger partial charge in [-0.1, -0.05) is 30.3 Å². The van der Waals surface area contributed by atoms with E-state index in [0.717, 1.165) is 49.5 Å². The van der Waals surface area contributed by atoms with Crippen molar-refractivity contribution in [3.8, 4) is 0 Å². The van der Waals surface area contributed by atoms with Gasteiger partial charge in [0.1, 0.15) is 0 Å². The number of carbonyl (C=O) groups is 1. The van der Waals surface area contributed by atoms with E-state index in [4.69, 9.17) is 4.74 Å². The summed E-state index contributed by atoms with van der Waals surface area (Å²) in [5.41, 5.74) is 5.07. The summed E-state index contributed by atoms with van der Waals surface area (Å²) in [5, 5.41) is 0. The van der Waals surface area contributed by atoms with Gasteiger partial charge < -0.3 is 4.74 Å². The van der Waals surface area contributed by atoms with Crippen LogP contribution >= 0.6 is 0 Å². The molecule has 0 N–H and O–H groups in total. The summed E-state index contributed by atoms with van der Waals surface area (Å²) < 4.78 is 5.38. The number of benzene rings is 2. The second-order valence-electron chi connectivity index (χ2n) is 6.22. The van der Waals surface area contributed by atoms with E-state index in [1.54, 1.807) is 0 Å². The lowest BCUT2D eigenvalue weighted by Gasteiger charge is -2.26. The fourth-order valence-corrected chi connectivity index (χ4v) is 2.88. The summed E-state index contributed by atoms with van der Waals surface area (Å²) in [6, 6.07) is 13.9. The van der Waals surface area contributed by atoms with E-state index in [9.17, 15) is 4.79 Å². The van der Waals surface area contributed by atoms with Crippen LogP contribution in [0.2, 0.25) is 0 Å². The average Bonchev–Trinajstić information content (AvgIpc) is 2.58. The molecule has 23 heavy (non-hydrogen) atoms. The van der Waals surface area contributed by atoms with Gasteiger partial charge in [-0.05, 0) is 42.7 Å². The number of ether oxygens (including phenoxy) is 1. The first-order valence-electron chi connectivity index (χ1n) is 8.14. The van der Waals surface area contributed by atoms with Crippen LogP contribution in [0.4, 0.5) is 0 Å². The summed E-state index contributed by atoms with van der Waals surface area (Å²) in [6.07, 6.45) is 0. The van der Waals surface area contributed by atoms with Gasteiger partial charge in [0.15, 0.2) is 5.78 Å². The molecule has 1 fully saturated rings. The van der Waals surface area contributed by atoms with Crippen molar-refractivity contribution in [1.29, 1.82) is 0 Å². The van der Waals surface area contributed by atoms with Crippen molar-refractivity contribution in [2.75, 3.05) is 26.3 Å². The van der Waals surface area contributed by atoms with Crippen LogP contribution in [-0.4, -0.2) is 37.0 Å². The SMILES string of the molecule is Cc1ccc(C(=O)c2cccc(CN3CCOCC3)c2)cc1C. The predicted molar refractivity (Wildman–Crippen MR) is 91.9 cm³/mol. The fourth-order valence-electron chi connectivity index (χ4n) is 2.88. The zero-order chi connectivity index (χ0) is 16.2. The Morgan fingerprint density at radius 3 is 2.48 bits per heavy atom. The van der Waals surface area contributed by atoms with Crippen LogP contribution in [0, 0.1) is 13.8 Å². The van der Waals surface area contributed by atoms with Gasteiger partial charge in [0.2, 0.25) is 0 Å².